The average molecular weight is 191 g/mol. The van der Waals surface area contributed by atoms with Gasteiger partial charge in [-0.25, -0.2) is 0 Å². The van der Waals surface area contributed by atoms with Crippen LogP contribution in [0.3, 0.4) is 0 Å². The maximum Gasteiger partial charge on any atom is 0.184 e. The van der Waals surface area contributed by atoms with Crippen LogP contribution in [0.25, 0.3) is 0 Å². The topological polar surface area (TPSA) is 55.5 Å². The van der Waals surface area contributed by atoms with Crippen LogP contribution >= 0.6 is 0 Å². The summed E-state index contributed by atoms with van der Waals surface area (Å²) in [5.74, 6) is 0. The molecule has 0 aliphatic rings. The third-order valence-corrected chi connectivity index (χ3v) is 2.80. The lowest BCUT2D eigenvalue weighted by atomic mass is 10.0. The SMILES string of the molecule is CC(C)(O[Si](C)(C)C)[C@@H](N)CO. The molecular weight excluding hydrogens is 170 g/mol. The second-order valence-corrected chi connectivity index (χ2v) is 9.04. The minimum atomic E-state index is -1.56. The first-order chi connectivity index (χ1) is 5.19. The molecule has 4 heteroatoms. The van der Waals surface area contributed by atoms with Crippen LogP contribution in [-0.2, 0) is 4.43 Å². The zero-order valence-corrected chi connectivity index (χ0v) is 9.72. The Hall–Kier alpha value is 0.0969. The van der Waals surface area contributed by atoms with E-state index in [1.54, 1.807) is 0 Å². The molecule has 0 spiro atoms. The van der Waals surface area contributed by atoms with Crippen LogP contribution in [0.1, 0.15) is 13.8 Å². The standard InChI is InChI=1S/C8H21NO2Si/c1-8(2,7(9)6-10)11-12(3,4)5/h7,10H,6,9H2,1-5H3/t7-/m0/s1. The fraction of sp³-hybridized carbons (Fsp3) is 1.00. The lowest BCUT2D eigenvalue weighted by Crippen LogP contribution is -2.52. The van der Waals surface area contributed by atoms with Gasteiger partial charge in [-0.2, -0.15) is 0 Å². The number of hydrogen-bond acceptors (Lipinski definition) is 3. The second kappa shape index (κ2) is 3.87. The summed E-state index contributed by atoms with van der Waals surface area (Å²) in [6.07, 6.45) is 0. The summed E-state index contributed by atoms with van der Waals surface area (Å²) >= 11 is 0. The zero-order chi connectivity index (χ0) is 9.99. The Morgan fingerprint density at radius 1 is 1.42 bits per heavy atom. The third kappa shape index (κ3) is 4.20. The zero-order valence-electron chi connectivity index (χ0n) is 8.72. The van der Waals surface area contributed by atoms with E-state index in [-0.39, 0.29) is 12.6 Å². The maximum atomic E-state index is 8.88. The molecule has 0 aliphatic heterocycles. The van der Waals surface area contributed by atoms with Crippen molar-refractivity contribution in [3.8, 4) is 0 Å². The Labute approximate surface area is 76.0 Å². The number of rotatable bonds is 4. The van der Waals surface area contributed by atoms with Crippen molar-refractivity contribution in [1.82, 2.24) is 0 Å². The van der Waals surface area contributed by atoms with Gasteiger partial charge in [-0.15, -0.1) is 0 Å². The van der Waals surface area contributed by atoms with Crippen LogP contribution in [0, 0.1) is 0 Å². The fourth-order valence-electron chi connectivity index (χ4n) is 1.08. The van der Waals surface area contributed by atoms with Gasteiger partial charge >= 0.3 is 0 Å². The van der Waals surface area contributed by atoms with Crippen LogP contribution in [0.4, 0.5) is 0 Å². The molecule has 0 amide bonds. The van der Waals surface area contributed by atoms with E-state index in [9.17, 15) is 0 Å². The Morgan fingerprint density at radius 2 is 1.83 bits per heavy atom. The van der Waals surface area contributed by atoms with Crippen molar-refractivity contribution in [1.29, 1.82) is 0 Å². The molecule has 0 aromatic rings. The van der Waals surface area contributed by atoms with Crippen molar-refractivity contribution in [3.63, 3.8) is 0 Å². The van der Waals surface area contributed by atoms with Crippen molar-refractivity contribution in [2.75, 3.05) is 6.61 Å². The van der Waals surface area contributed by atoms with Crippen molar-refractivity contribution < 1.29 is 9.53 Å². The molecule has 0 heterocycles. The van der Waals surface area contributed by atoms with Gasteiger partial charge < -0.3 is 15.3 Å². The summed E-state index contributed by atoms with van der Waals surface area (Å²) < 4.78 is 5.83. The van der Waals surface area contributed by atoms with Gasteiger partial charge in [0.05, 0.1) is 18.2 Å². The number of hydrogen-bond donors (Lipinski definition) is 2. The van der Waals surface area contributed by atoms with Crippen LogP contribution < -0.4 is 5.73 Å². The monoisotopic (exact) mass is 191 g/mol. The van der Waals surface area contributed by atoms with E-state index in [2.05, 4.69) is 19.6 Å². The van der Waals surface area contributed by atoms with Crippen LogP contribution in [0.2, 0.25) is 19.6 Å². The maximum absolute atomic E-state index is 8.88. The van der Waals surface area contributed by atoms with E-state index in [1.165, 1.54) is 0 Å². The molecule has 3 nitrogen and oxygen atoms in total. The van der Waals surface area contributed by atoms with Gasteiger partial charge in [0.1, 0.15) is 0 Å². The van der Waals surface area contributed by atoms with Gasteiger partial charge in [0.2, 0.25) is 0 Å². The highest BCUT2D eigenvalue weighted by Crippen LogP contribution is 2.19. The first-order valence-corrected chi connectivity index (χ1v) is 7.66. The Morgan fingerprint density at radius 3 is 2.08 bits per heavy atom. The lowest BCUT2D eigenvalue weighted by molar-refractivity contribution is 0.0472. The van der Waals surface area contributed by atoms with Gasteiger partial charge in [0.15, 0.2) is 8.32 Å². The molecule has 0 fully saturated rings. The first kappa shape index (κ1) is 12.1. The summed E-state index contributed by atoms with van der Waals surface area (Å²) in [5.41, 5.74) is 5.29. The third-order valence-electron chi connectivity index (χ3n) is 1.66. The molecule has 3 N–H and O–H groups in total. The predicted octanol–water partition coefficient (Wildman–Crippen LogP) is 0.936. The van der Waals surface area contributed by atoms with Gasteiger partial charge in [0, 0.05) is 0 Å². The van der Waals surface area contributed by atoms with Crippen molar-refractivity contribution >= 4 is 8.32 Å². The Balaban J connectivity index is 4.22. The molecule has 0 rings (SSSR count). The quantitative estimate of drug-likeness (QED) is 0.650. The minimum absolute atomic E-state index is 0.0303. The molecular formula is C8H21NO2Si. The molecule has 0 unspecified atom stereocenters. The molecule has 0 aromatic heterocycles. The molecule has 74 valence electrons. The largest absolute Gasteiger partial charge is 0.411 e. The van der Waals surface area contributed by atoms with E-state index < -0.39 is 13.9 Å². The highest BCUT2D eigenvalue weighted by molar-refractivity contribution is 6.69. The van der Waals surface area contributed by atoms with E-state index in [1.807, 2.05) is 13.8 Å². The molecule has 0 saturated heterocycles. The summed E-state index contributed by atoms with van der Waals surface area (Å²) in [4.78, 5) is 0. The van der Waals surface area contributed by atoms with Crippen LogP contribution in [0.15, 0.2) is 0 Å². The highest BCUT2D eigenvalue weighted by Gasteiger charge is 2.32. The van der Waals surface area contributed by atoms with Crippen LogP contribution in [-0.4, -0.2) is 31.7 Å². The predicted molar refractivity (Wildman–Crippen MR) is 53.6 cm³/mol. The van der Waals surface area contributed by atoms with Crippen LogP contribution in [0.5, 0.6) is 0 Å². The molecule has 0 saturated carbocycles. The smallest absolute Gasteiger partial charge is 0.184 e. The highest BCUT2D eigenvalue weighted by atomic mass is 28.4. The van der Waals surface area contributed by atoms with Crippen molar-refractivity contribution in [2.45, 2.75) is 45.1 Å². The molecule has 0 bridgehead atoms. The normalized spacial score (nSPS) is 16.2. The second-order valence-electron chi connectivity index (χ2n) is 4.61. The molecule has 1 atom stereocenters. The van der Waals surface area contributed by atoms with Crippen molar-refractivity contribution in [3.05, 3.63) is 0 Å². The van der Waals surface area contributed by atoms with Gasteiger partial charge in [-0.05, 0) is 33.5 Å². The minimum Gasteiger partial charge on any atom is -0.411 e. The van der Waals surface area contributed by atoms with Crippen molar-refractivity contribution in [2.24, 2.45) is 5.73 Å². The van der Waals surface area contributed by atoms with Gasteiger partial charge in [-0.3, -0.25) is 0 Å². The lowest BCUT2D eigenvalue weighted by Gasteiger charge is -2.36. The summed E-state index contributed by atoms with van der Waals surface area (Å²) in [6.45, 7) is 10.1. The molecule has 12 heavy (non-hydrogen) atoms. The van der Waals surface area contributed by atoms with E-state index >= 15 is 0 Å². The summed E-state index contributed by atoms with van der Waals surface area (Å²) in [7, 11) is -1.56. The number of aliphatic hydroxyl groups excluding tert-OH is 1. The van der Waals surface area contributed by atoms with E-state index in [0.29, 0.717) is 0 Å². The van der Waals surface area contributed by atoms with E-state index in [0.717, 1.165) is 0 Å². The van der Waals surface area contributed by atoms with E-state index in [4.69, 9.17) is 15.3 Å². The van der Waals surface area contributed by atoms with Gasteiger partial charge in [0.25, 0.3) is 0 Å². The first-order valence-electron chi connectivity index (χ1n) is 4.25. The molecule has 0 aromatic carbocycles. The fourth-order valence-corrected chi connectivity index (χ4v) is 2.81. The number of nitrogens with two attached hydrogens (primary N) is 1. The average Bonchev–Trinajstić information content (AvgIpc) is 1.80. The Bertz CT molecular complexity index is 142. The number of aliphatic hydroxyl groups is 1. The molecule has 0 aliphatic carbocycles. The summed E-state index contributed by atoms with van der Waals surface area (Å²) in [6, 6.07) is -0.302. The molecule has 0 radical (unpaired) electrons. The van der Waals surface area contributed by atoms with Gasteiger partial charge in [-0.1, -0.05) is 0 Å². The Kier molecular flexibility index (Phi) is 3.90. The summed E-state index contributed by atoms with van der Waals surface area (Å²) in [5, 5.41) is 8.88.